The number of esters is 1. The van der Waals surface area contributed by atoms with Crippen molar-refractivity contribution in [2.24, 2.45) is 5.92 Å². The maximum absolute atomic E-state index is 13.4. The van der Waals surface area contributed by atoms with Crippen LogP contribution in [0.25, 0.3) is 0 Å². The third-order valence-corrected chi connectivity index (χ3v) is 5.70. The van der Waals surface area contributed by atoms with Crippen molar-refractivity contribution in [1.29, 1.82) is 0 Å². The maximum atomic E-state index is 13.4. The van der Waals surface area contributed by atoms with Crippen LogP contribution in [-0.4, -0.2) is 54.6 Å². The Hall–Kier alpha value is -2.41. The van der Waals surface area contributed by atoms with Crippen molar-refractivity contribution in [3.63, 3.8) is 0 Å². The largest absolute Gasteiger partial charge is 0.463 e. The van der Waals surface area contributed by atoms with E-state index in [-0.39, 0.29) is 18.5 Å². The maximum Gasteiger partial charge on any atom is 0.338 e. The Balaban J connectivity index is 2.04. The number of rotatable bonds is 6. The second kappa shape index (κ2) is 9.39. The smallest absolute Gasteiger partial charge is 0.338 e. The number of carbonyl (C=O) groups excluding carboxylic acids is 2. The van der Waals surface area contributed by atoms with Crippen LogP contribution in [0.4, 0.5) is 9.18 Å². The van der Waals surface area contributed by atoms with E-state index < -0.39 is 12.0 Å². The summed E-state index contributed by atoms with van der Waals surface area (Å²) in [6.45, 7) is 8.96. The summed E-state index contributed by atoms with van der Waals surface area (Å²) >= 11 is 0. The monoisotopic (exact) mass is 403 g/mol. The molecule has 2 amide bonds. The second-order valence-corrected chi connectivity index (χ2v) is 7.72. The summed E-state index contributed by atoms with van der Waals surface area (Å²) in [6, 6.07) is 4.95. The molecule has 1 aromatic carbocycles. The van der Waals surface area contributed by atoms with Gasteiger partial charge in [-0.3, -0.25) is 9.80 Å². The number of benzene rings is 1. The van der Waals surface area contributed by atoms with Gasteiger partial charge in [0.15, 0.2) is 0 Å². The normalized spacial score (nSPS) is 21.3. The molecule has 2 aliphatic rings. The zero-order valence-corrected chi connectivity index (χ0v) is 17.4. The van der Waals surface area contributed by atoms with Crippen LogP contribution in [0.5, 0.6) is 0 Å². The van der Waals surface area contributed by atoms with Gasteiger partial charge in [-0.2, -0.15) is 0 Å². The molecule has 158 valence electrons. The Kier molecular flexibility index (Phi) is 6.90. The van der Waals surface area contributed by atoms with Gasteiger partial charge in [0, 0.05) is 18.8 Å². The van der Waals surface area contributed by atoms with Crippen LogP contribution < -0.4 is 5.32 Å². The first-order valence-corrected chi connectivity index (χ1v) is 10.4. The third kappa shape index (κ3) is 4.78. The highest BCUT2D eigenvalue weighted by Crippen LogP contribution is 2.32. The van der Waals surface area contributed by atoms with Crippen LogP contribution in [0, 0.1) is 11.7 Å². The summed E-state index contributed by atoms with van der Waals surface area (Å²) in [5.74, 6) is -0.121. The Morgan fingerprint density at radius 1 is 1.21 bits per heavy atom. The number of nitrogens with one attached hydrogen (secondary N) is 1. The number of halogens is 1. The number of likely N-dealkylation sites (N-methyl/N-ethyl adjacent to an activating group) is 1. The van der Waals surface area contributed by atoms with Gasteiger partial charge in [0.2, 0.25) is 0 Å². The van der Waals surface area contributed by atoms with Gasteiger partial charge in [-0.1, -0.05) is 19.1 Å². The number of amides is 2. The zero-order chi connectivity index (χ0) is 21.0. The van der Waals surface area contributed by atoms with E-state index in [1.165, 1.54) is 12.1 Å². The number of likely N-dealkylation sites (tertiary alicyclic amines) is 1. The minimum Gasteiger partial charge on any atom is -0.463 e. The summed E-state index contributed by atoms with van der Waals surface area (Å²) in [5.41, 5.74) is 1.76. The summed E-state index contributed by atoms with van der Waals surface area (Å²) in [5, 5.41) is 2.90. The summed E-state index contributed by atoms with van der Waals surface area (Å²) in [4.78, 5) is 29.7. The van der Waals surface area contributed by atoms with Crippen LogP contribution in [0.1, 0.15) is 45.2 Å². The standard InChI is InChI=1S/C22H30FN3O3/c1-4-26-18(14-25-12-10-15(3)11-13-25)19(21(27)29-5-2)20(24-22(26)28)16-6-8-17(23)9-7-16/h6-9,15,20H,4-5,10-14H2,1-3H3,(H,24,28). The predicted molar refractivity (Wildman–Crippen MR) is 109 cm³/mol. The van der Waals surface area contributed by atoms with Gasteiger partial charge in [-0.25, -0.2) is 14.0 Å². The molecule has 29 heavy (non-hydrogen) atoms. The molecule has 1 aromatic rings. The van der Waals surface area contributed by atoms with Crippen molar-refractivity contribution >= 4 is 12.0 Å². The number of hydrogen-bond donors (Lipinski definition) is 1. The van der Waals surface area contributed by atoms with E-state index in [9.17, 15) is 14.0 Å². The molecule has 7 heteroatoms. The second-order valence-electron chi connectivity index (χ2n) is 7.72. The van der Waals surface area contributed by atoms with Gasteiger partial charge in [-0.15, -0.1) is 0 Å². The van der Waals surface area contributed by atoms with E-state index in [1.807, 2.05) is 6.92 Å². The molecule has 2 aliphatic heterocycles. The molecule has 1 atom stereocenters. The van der Waals surface area contributed by atoms with Crippen LogP contribution in [-0.2, 0) is 9.53 Å². The number of piperidine rings is 1. The van der Waals surface area contributed by atoms with E-state index in [0.29, 0.717) is 35.8 Å². The Morgan fingerprint density at radius 3 is 2.45 bits per heavy atom. The first-order valence-electron chi connectivity index (χ1n) is 10.4. The lowest BCUT2D eigenvalue weighted by molar-refractivity contribution is -0.139. The molecule has 0 bridgehead atoms. The predicted octanol–water partition coefficient (Wildman–Crippen LogP) is 3.46. The van der Waals surface area contributed by atoms with Gasteiger partial charge in [0.1, 0.15) is 5.82 Å². The first-order chi connectivity index (χ1) is 13.9. The van der Waals surface area contributed by atoms with E-state index >= 15 is 0 Å². The SMILES string of the molecule is CCOC(=O)C1=C(CN2CCC(C)CC2)N(CC)C(=O)NC1c1ccc(F)cc1. The van der Waals surface area contributed by atoms with Gasteiger partial charge in [0.05, 0.1) is 18.2 Å². The van der Waals surface area contributed by atoms with Crippen LogP contribution >= 0.6 is 0 Å². The molecule has 1 saturated heterocycles. The number of urea groups is 1. The van der Waals surface area contributed by atoms with Gasteiger partial charge in [-0.05, 0) is 63.4 Å². The van der Waals surface area contributed by atoms with Gasteiger partial charge in [0.25, 0.3) is 0 Å². The fourth-order valence-corrected chi connectivity index (χ4v) is 3.99. The highest BCUT2D eigenvalue weighted by Gasteiger charge is 2.38. The molecule has 0 spiro atoms. The highest BCUT2D eigenvalue weighted by atomic mass is 19.1. The third-order valence-electron chi connectivity index (χ3n) is 5.70. The molecule has 0 saturated carbocycles. The molecule has 0 aromatic heterocycles. The minimum absolute atomic E-state index is 0.243. The Labute approximate surface area is 171 Å². The number of nitrogens with zero attached hydrogens (tertiary/aromatic N) is 2. The quantitative estimate of drug-likeness (QED) is 0.739. The van der Waals surface area contributed by atoms with Crippen molar-refractivity contribution in [3.05, 3.63) is 46.9 Å². The Bertz CT molecular complexity index is 770. The molecule has 3 rings (SSSR count). The number of hydrogen-bond acceptors (Lipinski definition) is 4. The fraction of sp³-hybridized carbons (Fsp3) is 0.545. The molecule has 0 aliphatic carbocycles. The molecule has 6 nitrogen and oxygen atoms in total. The van der Waals surface area contributed by atoms with E-state index in [2.05, 4.69) is 17.1 Å². The molecule has 2 heterocycles. The lowest BCUT2D eigenvalue weighted by Gasteiger charge is -2.39. The molecule has 1 N–H and O–H groups in total. The van der Waals surface area contributed by atoms with Crippen molar-refractivity contribution in [3.8, 4) is 0 Å². The Morgan fingerprint density at radius 2 is 1.86 bits per heavy atom. The van der Waals surface area contributed by atoms with E-state index in [4.69, 9.17) is 4.74 Å². The molecular formula is C22H30FN3O3. The lowest BCUT2D eigenvalue weighted by atomic mass is 9.93. The van der Waals surface area contributed by atoms with E-state index in [1.54, 1.807) is 24.0 Å². The zero-order valence-electron chi connectivity index (χ0n) is 17.4. The highest BCUT2D eigenvalue weighted by molar-refractivity contribution is 5.95. The molecule has 1 unspecified atom stereocenters. The van der Waals surface area contributed by atoms with Gasteiger partial charge >= 0.3 is 12.0 Å². The average molecular weight is 403 g/mol. The minimum atomic E-state index is -0.663. The van der Waals surface area contributed by atoms with Crippen LogP contribution in [0.2, 0.25) is 0 Å². The van der Waals surface area contributed by atoms with Crippen LogP contribution in [0.3, 0.4) is 0 Å². The van der Waals surface area contributed by atoms with Crippen molar-refractivity contribution in [1.82, 2.24) is 15.1 Å². The van der Waals surface area contributed by atoms with Crippen molar-refractivity contribution < 1.29 is 18.7 Å². The van der Waals surface area contributed by atoms with Crippen molar-refractivity contribution in [2.75, 3.05) is 32.8 Å². The summed E-state index contributed by atoms with van der Waals surface area (Å²) < 4.78 is 18.8. The molecule has 0 radical (unpaired) electrons. The lowest BCUT2D eigenvalue weighted by Crippen LogP contribution is -2.51. The topological polar surface area (TPSA) is 61.9 Å². The van der Waals surface area contributed by atoms with Crippen molar-refractivity contribution in [2.45, 2.75) is 39.7 Å². The summed E-state index contributed by atoms with van der Waals surface area (Å²) in [7, 11) is 0. The van der Waals surface area contributed by atoms with Gasteiger partial charge < -0.3 is 10.1 Å². The first kappa shape index (κ1) is 21.3. The fourth-order valence-electron chi connectivity index (χ4n) is 3.99. The molecular weight excluding hydrogens is 373 g/mol. The summed E-state index contributed by atoms with van der Waals surface area (Å²) in [6.07, 6.45) is 2.20. The average Bonchev–Trinajstić information content (AvgIpc) is 2.70. The van der Waals surface area contributed by atoms with Crippen LogP contribution in [0.15, 0.2) is 35.5 Å². The van der Waals surface area contributed by atoms with E-state index in [0.717, 1.165) is 25.9 Å². The number of ether oxygens (including phenoxy) is 1. The number of carbonyl (C=O) groups is 2. The molecule has 1 fully saturated rings.